The van der Waals surface area contributed by atoms with Gasteiger partial charge in [-0.25, -0.2) is 8.42 Å². The van der Waals surface area contributed by atoms with Gasteiger partial charge >= 0.3 is 5.76 Å². The molecule has 2 aliphatic heterocycles. The number of ether oxygens (including phenoxy) is 1. The van der Waals surface area contributed by atoms with Gasteiger partial charge in [-0.15, -0.1) is 0 Å². The molecule has 0 atom stereocenters. The lowest BCUT2D eigenvalue weighted by Gasteiger charge is -2.35. The maximum Gasteiger partial charge on any atom is 0.341 e. The Hall–Kier alpha value is -1.58. The van der Waals surface area contributed by atoms with Crippen molar-refractivity contribution in [1.82, 2.24) is 9.80 Å². The van der Waals surface area contributed by atoms with Gasteiger partial charge in [0.2, 0.25) is 15.7 Å². The van der Waals surface area contributed by atoms with Gasteiger partial charge in [0, 0.05) is 25.6 Å². The first-order valence-electron chi connectivity index (χ1n) is 9.08. The topological polar surface area (TPSA) is 66.9 Å². The molecule has 2 heterocycles. The van der Waals surface area contributed by atoms with E-state index in [1.807, 2.05) is 4.90 Å². The Balaban J connectivity index is 1.51. The molecule has 0 radical (unpaired) electrons. The van der Waals surface area contributed by atoms with Crippen LogP contribution in [0.4, 0.5) is 8.78 Å². The summed E-state index contributed by atoms with van der Waals surface area (Å²) in [5, 5.41) is 0. The molecule has 0 aliphatic carbocycles. The number of amides is 1. The molecule has 1 aromatic rings. The van der Waals surface area contributed by atoms with Crippen LogP contribution in [0.15, 0.2) is 29.2 Å². The first-order valence-corrected chi connectivity index (χ1v) is 10.6. The van der Waals surface area contributed by atoms with Crippen molar-refractivity contribution in [2.24, 2.45) is 5.92 Å². The summed E-state index contributed by atoms with van der Waals surface area (Å²) in [6.07, 6.45) is 1.57. The van der Waals surface area contributed by atoms with Crippen LogP contribution in [0.5, 0.6) is 0 Å². The fourth-order valence-corrected chi connectivity index (χ4v) is 4.25. The molecular weight excluding hydrogens is 378 g/mol. The maximum atomic E-state index is 12.6. The number of sulfone groups is 1. The fraction of sp³-hybridized carbons (Fsp3) is 0.611. The quantitative estimate of drug-likeness (QED) is 0.751. The molecule has 1 aromatic carbocycles. The Morgan fingerprint density at radius 1 is 1.07 bits per heavy atom. The smallest absolute Gasteiger partial charge is 0.341 e. The van der Waals surface area contributed by atoms with Crippen LogP contribution in [0.25, 0.3) is 0 Å². The van der Waals surface area contributed by atoms with Crippen LogP contribution >= 0.6 is 0 Å². The molecule has 1 amide bonds. The molecule has 2 aliphatic rings. The van der Waals surface area contributed by atoms with Crippen LogP contribution < -0.4 is 0 Å². The molecule has 9 heteroatoms. The molecule has 6 nitrogen and oxygen atoms in total. The minimum absolute atomic E-state index is 0.0397. The number of carbonyl (C=O) groups is 1. The van der Waals surface area contributed by atoms with E-state index in [0.29, 0.717) is 32.8 Å². The third-order valence-corrected chi connectivity index (χ3v) is 6.55. The second-order valence-corrected chi connectivity index (χ2v) is 8.86. The van der Waals surface area contributed by atoms with Crippen molar-refractivity contribution < 1.29 is 26.7 Å². The van der Waals surface area contributed by atoms with E-state index in [2.05, 4.69) is 4.90 Å². The number of piperidine rings is 1. The number of hydrogen-bond donors (Lipinski definition) is 0. The highest BCUT2D eigenvalue weighted by Crippen LogP contribution is 2.23. The predicted molar refractivity (Wildman–Crippen MR) is 95.0 cm³/mol. The van der Waals surface area contributed by atoms with Crippen molar-refractivity contribution in [2.45, 2.75) is 30.0 Å². The number of nitrogens with zero attached hydrogens (tertiary/aromatic N) is 2. The molecular formula is C18H24F2N2O4S. The summed E-state index contributed by atoms with van der Waals surface area (Å²) < 4.78 is 53.3. The van der Waals surface area contributed by atoms with Gasteiger partial charge in [0.1, 0.15) is 0 Å². The van der Waals surface area contributed by atoms with E-state index >= 15 is 0 Å². The Morgan fingerprint density at radius 2 is 1.67 bits per heavy atom. The maximum absolute atomic E-state index is 12.6. The van der Waals surface area contributed by atoms with Crippen LogP contribution in [0.1, 0.15) is 18.4 Å². The molecule has 0 saturated carbocycles. The number of carbonyl (C=O) groups excluding carboxylic acids is 1. The molecule has 3 rings (SSSR count). The zero-order chi connectivity index (χ0) is 19.4. The molecule has 2 fully saturated rings. The second kappa shape index (κ2) is 8.62. The lowest BCUT2D eigenvalue weighted by Crippen LogP contribution is -2.46. The Bertz CT molecular complexity index is 741. The van der Waals surface area contributed by atoms with E-state index in [-0.39, 0.29) is 16.7 Å². The lowest BCUT2D eigenvalue weighted by molar-refractivity contribution is -0.141. The first kappa shape index (κ1) is 20.2. The van der Waals surface area contributed by atoms with Crippen LogP contribution in [0, 0.1) is 5.92 Å². The number of hydrogen-bond acceptors (Lipinski definition) is 5. The normalized spacial score (nSPS) is 20.2. The Labute approximate surface area is 158 Å². The minimum atomic E-state index is -4.55. The molecule has 2 saturated heterocycles. The zero-order valence-electron chi connectivity index (χ0n) is 15.0. The van der Waals surface area contributed by atoms with Crippen molar-refractivity contribution in [3.05, 3.63) is 29.8 Å². The summed E-state index contributed by atoms with van der Waals surface area (Å²) in [5.74, 6) is -3.16. The average Bonchev–Trinajstić information content (AvgIpc) is 2.69. The van der Waals surface area contributed by atoms with Gasteiger partial charge in [0.25, 0.3) is 0 Å². The summed E-state index contributed by atoms with van der Waals surface area (Å²) in [7, 11) is -4.55. The standard InChI is InChI=1S/C18H24F2N2O4S/c19-18(20)27(24,25)16-3-1-14(2-4-16)13-21-7-5-15(6-8-21)17(23)22-9-11-26-12-10-22/h1-4,15,18H,5-13H2. The third kappa shape index (κ3) is 4.83. The fourth-order valence-electron chi connectivity index (χ4n) is 3.53. The molecule has 150 valence electrons. The van der Waals surface area contributed by atoms with Crippen LogP contribution in [0.2, 0.25) is 0 Å². The Kier molecular flexibility index (Phi) is 6.44. The Morgan fingerprint density at radius 3 is 2.22 bits per heavy atom. The van der Waals surface area contributed by atoms with Gasteiger partial charge in [-0.3, -0.25) is 9.69 Å². The molecule has 0 unspecified atom stereocenters. The zero-order valence-corrected chi connectivity index (χ0v) is 15.8. The van der Waals surface area contributed by atoms with Gasteiger partial charge in [-0.1, -0.05) is 12.1 Å². The van der Waals surface area contributed by atoms with Crippen molar-refractivity contribution in [1.29, 1.82) is 0 Å². The van der Waals surface area contributed by atoms with Gasteiger partial charge in [-0.05, 0) is 43.6 Å². The van der Waals surface area contributed by atoms with Gasteiger partial charge in [0.05, 0.1) is 18.1 Å². The second-order valence-electron chi connectivity index (χ2n) is 6.94. The van der Waals surface area contributed by atoms with Crippen LogP contribution in [-0.4, -0.2) is 69.3 Å². The lowest BCUT2D eigenvalue weighted by atomic mass is 9.94. The van der Waals surface area contributed by atoms with E-state index < -0.39 is 15.6 Å². The van der Waals surface area contributed by atoms with Gasteiger partial charge < -0.3 is 9.64 Å². The number of benzene rings is 1. The highest BCUT2D eigenvalue weighted by molar-refractivity contribution is 7.91. The van der Waals surface area contributed by atoms with E-state index in [0.717, 1.165) is 31.5 Å². The molecule has 0 bridgehead atoms. The van der Waals surface area contributed by atoms with Crippen molar-refractivity contribution in [2.75, 3.05) is 39.4 Å². The van der Waals surface area contributed by atoms with Gasteiger partial charge in [-0.2, -0.15) is 8.78 Å². The molecule has 0 spiro atoms. The average molecular weight is 402 g/mol. The third-order valence-electron chi connectivity index (χ3n) is 5.15. The van der Waals surface area contributed by atoms with E-state index in [1.165, 1.54) is 12.1 Å². The monoisotopic (exact) mass is 402 g/mol. The number of alkyl halides is 2. The van der Waals surface area contributed by atoms with Crippen molar-refractivity contribution >= 4 is 15.7 Å². The van der Waals surface area contributed by atoms with Gasteiger partial charge in [0.15, 0.2) is 0 Å². The van der Waals surface area contributed by atoms with E-state index in [9.17, 15) is 22.0 Å². The van der Waals surface area contributed by atoms with E-state index in [4.69, 9.17) is 4.74 Å². The van der Waals surface area contributed by atoms with Crippen molar-refractivity contribution in [3.63, 3.8) is 0 Å². The summed E-state index contributed by atoms with van der Waals surface area (Å²) in [5.41, 5.74) is 0.862. The molecule has 0 N–H and O–H groups in total. The number of morpholine rings is 1. The minimum Gasteiger partial charge on any atom is -0.378 e. The summed E-state index contributed by atoms with van der Waals surface area (Å²) in [6, 6.07) is 5.59. The van der Waals surface area contributed by atoms with E-state index in [1.54, 1.807) is 12.1 Å². The first-order chi connectivity index (χ1) is 12.9. The number of rotatable bonds is 5. The summed E-state index contributed by atoms with van der Waals surface area (Å²) in [6.45, 7) is 4.67. The largest absolute Gasteiger partial charge is 0.378 e. The highest BCUT2D eigenvalue weighted by atomic mass is 32.2. The molecule has 0 aromatic heterocycles. The molecule has 27 heavy (non-hydrogen) atoms. The predicted octanol–water partition coefficient (Wildman–Crippen LogP) is 1.75. The summed E-state index contributed by atoms with van der Waals surface area (Å²) >= 11 is 0. The number of halogens is 2. The number of likely N-dealkylation sites (tertiary alicyclic amines) is 1. The van der Waals surface area contributed by atoms with Crippen LogP contribution in [0.3, 0.4) is 0 Å². The summed E-state index contributed by atoms with van der Waals surface area (Å²) in [4.78, 5) is 16.2. The van der Waals surface area contributed by atoms with Crippen LogP contribution in [-0.2, 0) is 25.9 Å². The van der Waals surface area contributed by atoms with Crippen molar-refractivity contribution in [3.8, 4) is 0 Å². The SMILES string of the molecule is O=C(C1CCN(Cc2ccc(S(=O)(=O)C(F)F)cc2)CC1)N1CCOCC1. The highest BCUT2D eigenvalue weighted by Gasteiger charge is 2.30.